The summed E-state index contributed by atoms with van der Waals surface area (Å²) < 4.78 is 40.9. The minimum Gasteiger partial charge on any atom is -0.354 e. The highest BCUT2D eigenvalue weighted by Gasteiger charge is 2.62. The number of nitrogens with one attached hydrogen (secondary N) is 1. The van der Waals surface area contributed by atoms with E-state index in [-0.39, 0.29) is 0 Å². The quantitative estimate of drug-likeness (QED) is 0.458. The van der Waals surface area contributed by atoms with Crippen LogP contribution in [0.1, 0.15) is 24.8 Å². The number of aromatic nitrogens is 6. The number of aromatic amines is 1. The van der Waals surface area contributed by atoms with Gasteiger partial charge in [0.2, 0.25) is 0 Å². The van der Waals surface area contributed by atoms with Crippen molar-refractivity contribution < 1.29 is 13.2 Å². The number of pyridine rings is 1. The third-order valence-corrected chi connectivity index (χ3v) is 7.53. The minimum absolute atomic E-state index is 0.375. The lowest BCUT2D eigenvalue weighted by molar-refractivity contribution is -0.137. The highest BCUT2D eigenvalue weighted by molar-refractivity contribution is 5.59. The molecule has 1 unspecified atom stereocenters. The fourth-order valence-corrected chi connectivity index (χ4v) is 5.11. The Morgan fingerprint density at radius 1 is 1.03 bits per heavy atom. The van der Waals surface area contributed by atoms with Gasteiger partial charge in [-0.2, -0.15) is 18.3 Å². The second kappa shape index (κ2) is 8.88. The molecule has 8 nitrogen and oxygen atoms in total. The molecule has 1 N–H and O–H groups in total. The molecule has 0 aromatic carbocycles. The van der Waals surface area contributed by atoms with Crippen molar-refractivity contribution in [2.45, 2.75) is 25.4 Å². The molecule has 1 spiro atoms. The maximum atomic E-state index is 13.1. The number of halogens is 3. The van der Waals surface area contributed by atoms with Gasteiger partial charge in [-0.3, -0.25) is 14.4 Å². The smallest absolute Gasteiger partial charge is 0.354 e. The van der Waals surface area contributed by atoms with Crippen LogP contribution in [0.2, 0.25) is 0 Å². The summed E-state index contributed by atoms with van der Waals surface area (Å²) in [6.07, 6.45) is 7.55. The van der Waals surface area contributed by atoms with Crippen molar-refractivity contribution >= 4 is 11.5 Å². The maximum Gasteiger partial charge on any atom is 0.417 e. The summed E-state index contributed by atoms with van der Waals surface area (Å²) >= 11 is 0. The molecule has 0 amide bonds. The Morgan fingerprint density at radius 3 is 2.50 bits per heavy atom. The largest absolute Gasteiger partial charge is 0.417 e. The monoisotopic (exact) mass is 496 g/mol. The Morgan fingerprint density at radius 2 is 1.86 bits per heavy atom. The number of nitrogens with zero attached hydrogens (tertiary/aromatic N) is 7. The third-order valence-electron chi connectivity index (χ3n) is 7.53. The van der Waals surface area contributed by atoms with Crippen molar-refractivity contribution in [3.8, 4) is 11.5 Å². The van der Waals surface area contributed by atoms with Crippen LogP contribution >= 0.6 is 0 Å². The summed E-state index contributed by atoms with van der Waals surface area (Å²) in [6.45, 7) is 5.02. The van der Waals surface area contributed by atoms with Gasteiger partial charge in [-0.1, -0.05) is 0 Å². The summed E-state index contributed by atoms with van der Waals surface area (Å²) in [6, 6.07) is 6.10. The van der Waals surface area contributed by atoms with Crippen molar-refractivity contribution in [2.24, 2.45) is 11.3 Å². The molecule has 188 valence electrons. The number of rotatable bonds is 4. The number of imidazole rings is 1. The van der Waals surface area contributed by atoms with Crippen LogP contribution in [0.25, 0.3) is 17.2 Å². The van der Waals surface area contributed by atoms with E-state index in [1.165, 1.54) is 42.5 Å². The van der Waals surface area contributed by atoms with Gasteiger partial charge in [0.05, 0.1) is 11.8 Å². The van der Waals surface area contributed by atoms with Crippen LogP contribution in [0.4, 0.5) is 19.0 Å². The van der Waals surface area contributed by atoms with E-state index in [4.69, 9.17) is 0 Å². The van der Waals surface area contributed by atoms with Crippen LogP contribution < -0.4 is 4.90 Å². The molecular weight excluding hydrogens is 469 g/mol. The first-order chi connectivity index (χ1) is 17.4. The lowest BCUT2D eigenvalue weighted by Crippen LogP contribution is -2.47. The molecule has 4 aromatic heterocycles. The molecular formula is C25H27F3N8. The van der Waals surface area contributed by atoms with Crippen molar-refractivity contribution in [3.63, 3.8) is 0 Å². The summed E-state index contributed by atoms with van der Waals surface area (Å²) in [4.78, 5) is 18.0. The number of anilines is 1. The average molecular weight is 497 g/mol. The van der Waals surface area contributed by atoms with Crippen LogP contribution in [0.5, 0.6) is 0 Å². The van der Waals surface area contributed by atoms with Crippen LogP contribution in [0.15, 0.2) is 55.2 Å². The Kier molecular flexibility index (Phi) is 5.66. The molecule has 11 heteroatoms. The van der Waals surface area contributed by atoms with Crippen molar-refractivity contribution in [1.82, 2.24) is 34.4 Å². The minimum atomic E-state index is -4.42. The molecule has 5 heterocycles. The lowest BCUT2D eigenvalue weighted by atomic mass is 10.2. The topological polar surface area (TPSA) is 78.2 Å². The first kappa shape index (κ1) is 23.0. The van der Waals surface area contributed by atoms with E-state index in [9.17, 15) is 13.2 Å². The summed E-state index contributed by atoms with van der Waals surface area (Å²) in [5, 5.41) is 6.21. The summed E-state index contributed by atoms with van der Waals surface area (Å²) in [7, 11) is 0. The Labute approximate surface area is 206 Å². The number of H-pyrrole nitrogens is 1. The molecule has 1 aliphatic heterocycles. The SMILES string of the molecule is FC(F)(F)c1ccc2ncc(-c3nccc(N4CCN(CC5CC56CC6)CC4)n3)n2c1.c1cn[nH]c1. The molecule has 2 aliphatic carbocycles. The lowest BCUT2D eigenvalue weighted by Gasteiger charge is -2.35. The van der Waals surface area contributed by atoms with Gasteiger partial charge in [-0.25, -0.2) is 15.0 Å². The Hall–Kier alpha value is -3.47. The Bertz CT molecular complexity index is 1300. The van der Waals surface area contributed by atoms with E-state index < -0.39 is 11.7 Å². The second-order valence-electron chi connectivity index (χ2n) is 9.84. The molecule has 1 saturated heterocycles. The van der Waals surface area contributed by atoms with Crippen LogP contribution in [-0.2, 0) is 6.18 Å². The fraction of sp³-hybridized carbons (Fsp3) is 0.440. The molecule has 2 saturated carbocycles. The molecule has 36 heavy (non-hydrogen) atoms. The van der Waals surface area contributed by atoms with Crippen LogP contribution in [0, 0.1) is 11.3 Å². The highest BCUT2D eigenvalue weighted by Crippen LogP contribution is 2.70. The number of fused-ring (bicyclic) bond motifs is 1. The predicted molar refractivity (Wildman–Crippen MR) is 128 cm³/mol. The number of piperazine rings is 1. The standard InChI is InChI=1S/C22H23F3N6.C3H4N2/c23-22(24,25)15-1-2-18-27-12-17(31(18)14-15)20-26-6-3-19(28-20)30-9-7-29(8-10-30)13-16-11-21(16)4-5-21;1-2-4-5-3-1/h1-3,6,12,14,16H,4-5,7-11,13H2;1-3H,(H,4,5). The average Bonchev–Trinajstić information content (AvgIpc) is 3.59. The van der Waals surface area contributed by atoms with Crippen molar-refractivity contribution in [3.05, 3.63) is 60.8 Å². The third kappa shape index (κ3) is 4.67. The maximum absolute atomic E-state index is 13.1. The van der Waals surface area contributed by atoms with E-state index >= 15 is 0 Å². The van der Waals surface area contributed by atoms with Gasteiger partial charge in [0.25, 0.3) is 0 Å². The van der Waals surface area contributed by atoms with Gasteiger partial charge in [0, 0.05) is 57.5 Å². The van der Waals surface area contributed by atoms with Gasteiger partial charge in [-0.05, 0) is 54.9 Å². The van der Waals surface area contributed by atoms with E-state index in [1.54, 1.807) is 18.6 Å². The fourth-order valence-electron chi connectivity index (χ4n) is 5.11. The molecule has 7 rings (SSSR count). The second-order valence-corrected chi connectivity index (χ2v) is 9.84. The van der Waals surface area contributed by atoms with E-state index in [1.807, 2.05) is 12.1 Å². The number of hydrogen-bond acceptors (Lipinski definition) is 6. The number of alkyl halides is 3. The zero-order valence-electron chi connectivity index (χ0n) is 19.7. The first-order valence-corrected chi connectivity index (χ1v) is 12.2. The van der Waals surface area contributed by atoms with Gasteiger partial charge in [-0.15, -0.1) is 0 Å². The van der Waals surface area contributed by atoms with Gasteiger partial charge >= 0.3 is 6.18 Å². The molecule has 3 fully saturated rings. The molecule has 1 atom stereocenters. The van der Waals surface area contributed by atoms with Crippen LogP contribution in [0.3, 0.4) is 0 Å². The summed E-state index contributed by atoms with van der Waals surface area (Å²) in [5.74, 6) is 2.08. The molecule has 4 aromatic rings. The van der Waals surface area contributed by atoms with Gasteiger partial charge in [0.1, 0.15) is 17.2 Å². The van der Waals surface area contributed by atoms with Crippen molar-refractivity contribution in [1.29, 1.82) is 0 Å². The van der Waals surface area contributed by atoms with Crippen molar-refractivity contribution in [2.75, 3.05) is 37.6 Å². The summed E-state index contributed by atoms with van der Waals surface area (Å²) in [5.41, 5.74) is 0.887. The van der Waals surface area contributed by atoms with E-state index in [0.717, 1.165) is 55.6 Å². The molecule has 0 radical (unpaired) electrons. The zero-order chi connectivity index (χ0) is 24.8. The van der Waals surface area contributed by atoms with E-state index in [0.29, 0.717) is 17.2 Å². The number of hydrogen-bond donors (Lipinski definition) is 1. The molecule has 0 bridgehead atoms. The normalized spacial score (nSPS) is 20.9. The first-order valence-electron chi connectivity index (χ1n) is 12.2. The highest BCUT2D eigenvalue weighted by atomic mass is 19.4. The van der Waals surface area contributed by atoms with Gasteiger partial charge < -0.3 is 4.90 Å². The van der Waals surface area contributed by atoms with E-state index in [2.05, 4.69) is 34.9 Å². The Balaban J connectivity index is 0.000000431. The van der Waals surface area contributed by atoms with Gasteiger partial charge in [0.15, 0.2) is 5.82 Å². The molecule has 3 aliphatic rings. The predicted octanol–water partition coefficient (Wildman–Crippen LogP) is 4.14. The van der Waals surface area contributed by atoms with Crippen LogP contribution in [-0.4, -0.2) is 67.2 Å². The zero-order valence-corrected chi connectivity index (χ0v) is 19.7.